The Labute approximate surface area is 177 Å². The molecule has 1 saturated heterocycles. The van der Waals surface area contributed by atoms with Crippen LogP contribution in [0, 0.1) is 0 Å². The molecule has 0 N–H and O–H groups in total. The number of halogens is 1. The SMILES string of the molecule is O=C(c1cc2c(s1)-c1ccccc1SC2)N1CCN(c2cccc(Cl)c2)CC1. The minimum atomic E-state index is 0.160. The average Bonchev–Trinajstić information content (AvgIpc) is 3.18. The molecule has 2 aliphatic heterocycles. The number of carbonyl (C=O) groups is 1. The lowest BCUT2D eigenvalue weighted by Crippen LogP contribution is -2.48. The second-order valence-corrected chi connectivity index (χ2v) is 9.51. The summed E-state index contributed by atoms with van der Waals surface area (Å²) >= 11 is 9.62. The van der Waals surface area contributed by atoms with Crippen LogP contribution >= 0.6 is 34.7 Å². The number of fused-ring (bicyclic) bond motifs is 3. The number of benzene rings is 2. The van der Waals surface area contributed by atoms with E-state index in [4.69, 9.17) is 11.6 Å². The van der Waals surface area contributed by atoms with Gasteiger partial charge in [0.25, 0.3) is 5.91 Å². The lowest BCUT2D eigenvalue weighted by molar-refractivity contribution is 0.0751. The summed E-state index contributed by atoms with van der Waals surface area (Å²) in [6, 6.07) is 18.5. The largest absolute Gasteiger partial charge is 0.368 e. The highest BCUT2D eigenvalue weighted by molar-refractivity contribution is 7.98. The van der Waals surface area contributed by atoms with E-state index in [0.717, 1.165) is 47.5 Å². The van der Waals surface area contributed by atoms with Crippen molar-refractivity contribution in [3.8, 4) is 10.4 Å². The number of nitrogens with zero attached hydrogens (tertiary/aromatic N) is 2. The van der Waals surface area contributed by atoms with Crippen LogP contribution in [0.5, 0.6) is 0 Å². The van der Waals surface area contributed by atoms with Gasteiger partial charge >= 0.3 is 0 Å². The van der Waals surface area contributed by atoms with Crippen LogP contribution in [0.25, 0.3) is 10.4 Å². The van der Waals surface area contributed by atoms with E-state index in [9.17, 15) is 4.79 Å². The predicted octanol–water partition coefficient (Wildman–Crippen LogP) is 5.64. The summed E-state index contributed by atoms with van der Waals surface area (Å²) in [5.74, 6) is 1.10. The topological polar surface area (TPSA) is 23.6 Å². The summed E-state index contributed by atoms with van der Waals surface area (Å²) in [6.45, 7) is 3.13. The average molecular weight is 427 g/mol. The van der Waals surface area contributed by atoms with E-state index in [1.54, 1.807) is 11.3 Å². The molecule has 0 bridgehead atoms. The van der Waals surface area contributed by atoms with Crippen LogP contribution < -0.4 is 4.90 Å². The molecule has 0 saturated carbocycles. The molecule has 5 rings (SSSR count). The van der Waals surface area contributed by atoms with Crippen molar-refractivity contribution in [3.63, 3.8) is 0 Å². The highest BCUT2D eigenvalue weighted by atomic mass is 35.5. The van der Waals surface area contributed by atoms with E-state index in [0.29, 0.717) is 0 Å². The summed E-state index contributed by atoms with van der Waals surface area (Å²) in [5.41, 5.74) is 3.68. The monoisotopic (exact) mass is 426 g/mol. The fraction of sp³-hybridized carbons (Fsp3) is 0.227. The van der Waals surface area contributed by atoms with Crippen LogP contribution in [0.3, 0.4) is 0 Å². The lowest BCUT2D eigenvalue weighted by Gasteiger charge is -2.36. The molecule has 28 heavy (non-hydrogen) atoms. The van der Waals surface area contributed by atoms with E-state index in [1.807, 2.05) is 34.9 Å². The molecule has 6 heteroatoms. The van der Waals surface area contributed by atoms with E-state index in [-0.39, 0.29) is 5.91 Å². The first-order valence-corrected chi connectivity index (χ1v) is 11.5. The Morgan fingerprint density at radius 2 is 1.79 bits per heavy atom. The normalized spacial score (nSPS) is 15.9. The first-order chi connectivity index (χ1) is 13.7. The highest BCUT2D eigenvalue weighted by Crippen LogP contribution is 2.45. The maximum Gasteiger partial charge on any atom is 0.264 e. The summed E-state index contributed by atoms with van der Waals surface area (Å²) in [5, 5.41) is 0.748. The van der Waals surface area contributed by atoms with Gasteiger partial charge in [-0.15, -0.1) is 23.1 Å². The van der Waals surface area contributed by atoms with Gasteiger partial charge in [-0.25, -0.2) is 0 Å². The van der Waals surface area contributed by atoms with E-state index in [1.165, 1.54) is 20.9 Å². The third-order valence-corrected chi connectivity index (χ3v) is 7.83. The van der Waals surface area contributed by atoms with Crippen LogP contribution in [0.1, 0.15) is 15.2 Å². The van der Waals surface area contributed by atoms with Crippen molar-refractivity contribution >= 4 is 46.3 Å². The van der Waals surface area contributed by atoms with Crippen LogP contribution in [0.15, 0.2) is 59.5 Å². The molecule has 1 aromatic heterocycles. The Morgan fingerprint density at radius 1 is 0.964 bits per heavy atom. The number of hydrogen-bond acceptors (Lipinski definition) is 4. The van der Waals surface area contributed by atoms with Crippen molar-refractivity contribution in [3.05, 3.63) is 70.1 Å². The minimum Gasteiger partial charge on any atom is -0.368 e. The van der Waals surface area contributed by atoms with Crippen LogP contribution in [-0.2, 0) is 5.75 Å². The van der Waals surface area contributed by atoms with Gasteiger partial charge in [-0.3, -0.25) is 4.79 Å². The number of thiophene rings is 1. The van der Waals surface area contributed by atoms with Gasteiger partial charge in [0.2, 0.25) is 0 Å². The molecule has 0 unspecified atom stereocenters. The van der Waals surface area contributed by atoms with Crippen molar-refractivity contribution in [2.45, 2.75) is 10.6 Å². The summed E-state index contributed by atoms with van der Waals surface area (Å²) in [6.07, 6.45) is 0. The maximum atomic E-state index is 13.1. The third-order valence-electron chi connectivity index (χ3n) is 5.27. The predicted molar refractivity (Wildman–Crippen MR) is 119 cm³/mol. The Balaban J connectivity index is 1.32. The van der Waals surface area contributed by atoms with Crippen LogP contribution in [-0.4, -0.2) is 37.0 Å². The zero-order valence-corrected chi connectivity index (χ0v) is 17.6. The number of piperazine rings is 1. The quantitative estimate of drug-likeness (QED) is 0.530. The first kappa shape index (κ1) is 18.1. The number of rotatable bonds is 2. The van der Waals surface area contributed by atoms with Gasteiger partial charge in [-0.1, -0.05) is 35.9 Å². The zero-order valence-electron chi connectivity index (χ0n) is 15.2. The first-order valence-electron chi connectivity index (χ1n) is 9.34. The minimum absolute atomic E-state index is 0.160. The summed E-state index contributed by atoms with van der Waals surface area (Å²) in [4.78, 5) is 20.8. The molecule has 3 aromatic rings. The molecule has 3 nitrogen and oxygen atoms in total. The Kier molecular flexibility index (Phi) is 4.83. The molecule has 2 aliphatic rings. The van der Waals surface area contributed by atoms with Gasteiger partial charge in [0.15, 0.2) is 0 Å². The van der Waals surface area contributed by atoms with Crippen LogP contribution in [0.2, 0.25) is 5.02 Å². The fourth-order valence-electron chi connectivity index (χ4n) is 3.80. The van der Waals surface area contributed by atoms with E-state index < -0.39 is 0 Å². The molecular formula is C22H19ClN2OS2. The third kappa shape index (κ3) is 3.32. The van der Waals surface area contributed by atoms with Gasteiger partial charge < -0.3 is 9.80 Å². The fourth-order valence-corrected chi connectivity index (χ4v) is 6.37. The molecule has 0 radical (unpaired) electrons. The number of thioether (sulfide) groups is 1. The van der Waals surface area contributed by atoms with Gasteiger partial charge in [0.05, 0.1) is 4.88 Å². The van der Waals surface area contributed by atoms with Crippen molar-refractivity contribution < 1.29 is 4.79 Å². The number of amides is 1. The molecule has 0 atom stereocenters. The van der Waals surface area contributed by atoms with Gasteiger partial charge in [-0.2, -0.15) is 0 Å². The Hall–Kier alpha value is -1.95. The molecule has 0 aliphatic carbocycles. The van der Waals surface area contributed by atoms with Gasteiger partial charge in [-0.05, 0) is 35.9 Å². The van der Waals surface area contributed by atoms with E-state index >= 15 is 0 Å². The Bertz CT molecular complexity index is 1040. The maximum absolute atomic E-state index is 13.1. The van der Waals surface area contributed by atoms with Gasteiger partial charge in [0, 0.05) is 58.0 Å². The van der Waals surface area contributed by atoms with Gasteiger partial charge in [0.1, 0.15) is 0 Å². The number of carbonyl (C=O) groups excluding carboxylic acids is 1. The molecule has 1 fully saturated rings. The second kappa shape index (κ2) is 7.47. The standard InChI is InChI=1S/C22H19ClN2OS2/c23-16-4-3-5-17(13-16)24-8-10-25(11-9-24)22(26)20-12-15-14-27-19-7-2-1-6-18(19)21(15)28-20/h1-7,12-13H,8-11,14H2. The molecule has 3 heterocycles. The highest BCUT2D eigenvalue weighted by Gasteiger charge is 2.26. The second-order valence-electron chi connectivity index (χ2n) is 7.01. The molecule has 0 spiro atoms. The van der Waals surface area contributed by atoms with Crippen molar-refractivity contribution in [2.24, 2.45) is 0 Å². The lowest BCUT2D eigenvalue weighted by atomic mass is 10.1. The molecule has 1 amide bonds. The zero-order chi connectivity index (χ0) is 19.1. The molecular weight excluding hydrogens is 408 g/mol. The van der Waals surface area contributed by atoms with Crippen molar-refractivity contribution in [1.29, 1.82) is 0 Å². The Morgan fingerprint density at radius 3 is 2.61 bits per heavy atom. The van der Waals surface area contributed by atoms with E-state index in [2.05, 4.69) is 41.3 Å². The smallest absolute Gasteiger partial charge is 0.264 e. The summed E-state index contributed by atoms with van der Waals surface area (Å²) < 4.78 is 0. The number of hydrogen-bond donors (Lipinski definition) is 0. The van der Waals surface area contributed by atoms with Crippen molar-refractivity contribution in [1.82, 2.24) is 4.90 Å². The van der Waals surface area contributed by atoms with Crippen molar-refractivity contribution in [2.75, 3.05) is 31.1 Å². The molecule has 2 aromatic carbocycles. The summed E-state index contributed by atoms with van der Waals surface area (Å²) in [7, 11) is 0. The number of anilines is 1. The molecule has 142 valence electrons. The van der Waals surface area contributed by atoms with Crippen LogP contribution in [0.4, 0.5) is 5.69 Å².